The molecule has 6 aromatic rings. The van der Waals surface area contributed by atoms with Gasteiger partial charge in [0.25, 0.3) is 0 Å². The van der Waals surface area contributed by atoms with Crippen molar-refractivity contribution < 1.29 is 0 Å². The normalized spacial score (nSPS) is 15.2. The Kier molecular flexibility index (Phi) is 6.04. The summed E-state index contributed by atoms with van der Waals surface area (Å²) in [4.78, 5) is 2.86. The molecule has 2 aromatic heterocycles. The van der Waals surface area contributed by atoms with E-state index in [0.717, 1.165) is 0 Å². The van der Waals surface area contributed by atoms with Gasteiger partial charge < -0.3 is 0 Å². The van der Waals surface area contributed by atoms with Crippen molar-refractivity contribution in [3.05, 3.63) is 141 Å². The predicted octanol–water partition coefficient (Wildman–Crippen LogP) is 11.1. The second kappa shape index (κ2) is 9.48. The van der Waals surface area contributed by atoms with Crippen molar-refractivity contribution in [1.29, 1.82) is 0 Å². The van der Waals surface area contributed by atoms with E-state index in [4.69, 9.17) is 0 Å². The van der Waals surface area contributed by atoms with Gasteiger partial charge in [0.2, 0.25) is 0 Å². The van der Waals surface area contributed by atoms with Gasteiger partial charge in [-0.1, -0.05) is 0 Å². The van der Waals surface area contributed by atoms with E-state index in [9.17, 15) is 0 Å². The fraction of sp³-hybridized carbons (Fsp3) is 0.111. The van der Waals surface area contributed by atoms with Gasteiger partial charge in [-0.3, -0.25) is 0 Å². The van der Waals surface area contributed by atoms with Gasteiger partial charge >= 0.3 is 243 Å². The molecule has 0 amide bonds. The molecule has 0 spiro atoms. The van der Waals surface area contributed by atoms with E-state index >= 15 is 0 Å². The van der Waals surface area contributed by atoms with Gasteiger partial charge in [-0.25, -0.2) is 0 Å². The van der Waals surface area contributed by atoms with Crippen molar-refractivity contribution in [3.63, 3.8) is 0 Å². The average molecular weight is 599 g/mol. The van der Waals surface area contributed by atoms with Crippen LogP contribution in [0.25, 0.3) is 40.1 Å². The molecule has 0 N–H and O–H groups in total. The Bertz CT molecular complexity index is 1790. The quantitative estimate of drug-likeness (QED) is 0.177. The molecule has 1 aliphatic heterocycles. The summed E-state index contributed by atoms with van der Waals surface area (Å²) in [7, 11) is 0. The monoisotopic (exact) mass is 600 g/mol. The second-order valence-electron chi connectivity index (χ2n) is 10.9. The van der Waals surface area contributed by atoms with Crippen molar-refractivity contribution in [2.24, 2.45) is 0 Å². The number of fused-ring (bicyclic) bond motifs is 2. The SMILES string of the molecule is Cc1sc2ccccc2c1[C]1=C(c2ccccc2)C(c2ccccc2)=[C](c2c(C)sc3ccccc23)[Ge]1([CH3])[CH3]. The number of allylic oxidation sites excluding steroid dienone is 2. The molecule has 0 bridgehead atoms. The maximum absolute atomic E-state index is 2.93. The molecular weight excluding hydrogens is 569 g/mol. The fourth-order valence-electron chi connectivity index (χ4n) is 6.62. The molecular formula is C36H30GeS2. The molecule has 4 aromatic carbocycles. The van der Waals surface area contributed by atoms with Crippen molar-refractivity contribution in [1.82, 2.24) is 0 Å². The van der Waals surface area contributed by atoms with Gasteiger partial charge in [0.1, 0.15) is 0 Å². The Morgan fingerprint density at radius 1 is 0.462 bits per heavy atom. The number of thiophene rings is 2. The Balaban J connectivity index is 1.68. The number of hydrogen-bond acceptors (Lipinski definition) is 2. The topological polar surface area (TPSA) is 0 Å². The van der Waals surface area contributed by atoms with E-state index in [2.05, 4.69) is 135 Å². The Labute approximate surface area is 241 Å². The average Bonchev–Trinajstić information content (AvgIpc) is 3.53. The third kappa shape index (κ3) is 3.84. The van der Waals surface area contributed by atoms with E-state index in [1.54, 1.807) is 8.81 Å². The molecule has 0 saturated heterocycles. The van der Waals surface area contributed by atoms with Crippen molar-refractivity contribution in [3.8, 4) is 0 Å². The first-order chi connectivity index (χ1) is 19.0. The molecule has 0 saturated carbocycles. The van der Waals surface area contributed by atoms with Gasteiger partial charge in [-0.15, -0.1) is 0 Å². The third-order valence-corrected chi connectivity index (χ3v) is 17.7. The van der Waals surface area contributed by atoms with Crippen LogP contribution in [-0.2, 0) is 0 Å². The standard InChI is InChI=1S/C36H30GeS2/c1-23-31(27-19-11-13-21-29(27)38-23)35-33(25-15-7-5-8-16-25)34(26-17-9-6-10-18-26)36(37(35,3)4)32-24(2)39-30-22-14-12-20-28(30)32/h5-22H,1-4H3. The van der Waals surface area contributed by atoms with Crippen LogP contribution in [0, 0.1) is 13.8 Å². The van der Waals surface area contributed by atoms with Gasteiger partial charge in [-0.2, -0.15) is 0 Å². The number of benzene rings is 4. The van der Waals surface area contributed by atoms with Crippen molar-refractivity contribution >= 4 is 76.1 Å². The van der Waals surface area contributed by atoms with Crippen LogP contribution in [0.4, 0.5) is 0 Å². The molecule has 3 heteroatoms. The zero-order valence-corrected chi connectivity index (χ0v) is 26.4. The molecule has 39 heavy (non-hydrogen) atoms. The molecule has 0 nitrogen and oxygen atoms in total. The minimum atomic E-state index is -2.93. The fourth-order valence-corrected chi connectivity index (χ4v) is 17.4. The predicted molar refractivity (Wildman–Crippen MR) is 177 cm³/mol. The van der Waals surface area contributed by atoms with E-state index in [1.165, 1.54) is 63.3 Å². The molecule has 190 valence electrons. The van der Waals surface area contributed by atoms with Gasteiger partial charge in [0, 0.05) is 0 Å². The Hall–Kier alpha value is -3.18. The summed E-state index contributed by atoms with van der Waals surface area (Å²) in [6.07, 6.45) is 0. The molecule has 7 rings (SSSR count). The summed E-state index contributed by atoms with van der Waals surface area (Å²) in [6.45, 7) is 4.67. The van der Waals surface area contributed by atoms with Crippen LogP contribution in [0.2, 0.25) is 11.5 Å². The maximum atomic E-state index is 2.64. The summed E-state index contributed by atoms with van der Waals surface area (Å²) < 4.78 is 6.02. The summed E-state index contributed by atoms with van der Waals surface area (Å²) in [6, 6.07) is 40.4. The van der Waals surface area contributed by atoms with Crippen LogP contribution < -0.4 is 0 Å². The van der Waals surface area contributed by atoms with Crippen LogP contribution in [0.3, 0.4) is 0 Å². The molecule has 1 aliphatic rings. The zero-order chi connectivity index (χ0) is 26.7. The van der Waals surface area contributed by atoms with Crippen LogP contribution >= 0.6 is 22.7 Å². The van der Waals surface area contributed by atoms with Crippen LogP contribution in [0.15, 0.2) is 109 Å². The van der Waals surface area contributed by atoms with Gasteiger partial charge in [0.05, 0.1) is 0 Å². The Morgan fingerprint density at radius 3 is 1.23 bits per heavy atom. The third-order valence-electron chi connectivity index (χ3n) is 8.17. The van der Waals surface area contributed by atoms with Crippen LogP contribution in [-0.4, -0.2) is 13.3 Å². The van der Waals surface area contributed by atoms with E-state index in [1.807, 2.05) is 22.7 Å². The van der Waals surface area contributed by atoms with Crippen LogP contribution in [0.5, 0.6) is 0 Å². The number of aryl methyl sites for hydroxylation is 2. The minimum absolute atomic E-state index is 1.33. The van der Waals surface area contributed by atoms with E-state index in [0.29, 0.717) is 0 Å². The Morgan fingerprint density at radius 2 is 0.821 bits per heavy atom. The summed E-state index contributed by atoms with van der Waals surface area (Å²) in [5, 5.41) is 2.81. The molecule has 0 fully saturated rings. The second-order valence-corrected chi connectivity index (χ2v) is 22.3. The molecule has 0 aliphatic carbocycles. The summed E-state index contributed by atoms with van der Waals surface area (Å²) in [5.41, 5.74) is 8.52. The summed E-state index contributed by atoms with van der Waals surface area (Å²) in [5.74, 6) is 5.28. The van der Waals surface area contributed by atoms with E-state index < -0.39 is 13.3 Å². The number of hydrogen-bond donors (Lipinski definition) is 0. The molecule has 0 atom stereocenters. The zero-order valence-electron chi connectivity index (χ0n) is 22.7. The molecule has 0 unspecified atom stereocenters. The van der Waals surface area contributed by atoms with Gasteiger partial charge in [0.15, 0.2) is 0 Å². The number of rotatable bonds is 4. The molecule has 3 heterocycles. The first kappa shape index (κ1) is 24.8. The first-order valence-electron chi connectivity index (χ1n) is 13.5. The first-order valence-corrected chi connectivity index (χ1v) is 21.5. The van der Waals surface area contributed by atoms with Crippen LogP contribution in [0.1, 0.15) is 32.0 Å². The molecule has 0 radical (unpaired) electrons. The van der Waals surface area contributed by atoms with Crippen molar-refractivity contribution in [2.75, 3.05) is 0 Å². The van der Waals surface area contributed by atoms with Gasteiger partial charge in [-0.05, 0) is 0 Å². The summed E-state index contributed by atoms with van der Waals surface area (Å²) >= 11 is 0.964. The van der Waals surface area contributed by atoms with Crippen molar-refractivity contribution in [2.45, 2.75) is 25.4 Å². The van der Waals surface area contributed by atoms with E-state index in [-0.39, 0.29) is 0 Å².